The molecule has 2 amide bonds. The number of likely N-dealkylation sites (tertiary alicyclic amines) is 1. The largest absolute Gasteiger partial charge is 0.348 e. The molecule has 0 bridgehead atoms. The molecule has 2 N–H and O–H groups in total. The Morgan fingerprint density at radius 3 is 2.71 bits per heavy atom. The molecule has 1 atom stereocenters. The van der Waals surface area contributed by atoms with Gasteiger partial charge in [0.15, 0.2) is 0 Å². The van der Waals surface area contributed by atoms with Gasteiger partial charge in [-0.2, -0.15) is 0 Å². The number of carbonyl (C=O) groups excluding carboxylic acids is 2. The molecule has 9 heteroatoms. The zero-order valence-corrected chi connectivity index (χ0v) is 24.8. The Hall–Kier alpha value is -4.24. The van der Waals surface area contributed by atoms with Crippen LogP contribution in [0.1, 0.15) is 63.6 Å². The molecule has 1 aromatic carbocycles. The van der Waals surface area contributed by atoms with E-state index in [-0.39, 0.29) is 17.7 Å². The Morgan fingerprint density at radius 1 is 1.05 bits per heavy atom. The minimum Gasteiger partial charge on any atom is -0.348 e. The van der Waals surface area contributed by atoms with Crippen molar-refractivity contribution < 1.29 is 9.59 Å². The highest BCUT2D eigenvalue weighted by Crippen LogP contribution is 2.42. The van der Waals surface area contributed by atoms with Crippen molar-refractivity contribution in [3.05, 3.63) is 70.2 Å². The molecule has 0 radical (unpaired) electrons. The fourth-order valence-electron chi connectivity index (χ4n) is 7.15. The van der Waals surface area contributed by atoms with Gasteiger partial charge in [0.25, 0.3) is 5.91 Å². The van der Waals surface area contributed by atoms with E-state index in [1.165, 1.54) is 23.1 Å². The van der Waals surface area contributed by atoms with E-state index >= 15 is 0 Å². The van der Waals surface area contributed by atoms with Gasteiger partial charge in [0.2, 0.25) is 5.91 Å². The maximum Gasteiger partial charge on any atom is 0.254 e. The lowest BCUT2D eigenvalue weighted by atomic mass is 9.88. The van der Waals surface area contributed by atoms with Crippen molar-refractivity contribution in [2.75, 3.05) is 33.0 Å². The van der Waals surface area contributed by atoms with Crippen LogP contribution in [-0.4, -0.2) is 63.8 Å². The molecule has 5 heterocycles. The van der Waals surface area contributed by atoms with Crippen molar-refractivity contribution in [1.29, 1.82) is 0 Å². The summed E-state index contributed by atoms with van der Waals surface area (Å²) in [6, 6.07) is 10.3. The van der Waals surface area contributed by atoms with Crippen LogP contribution in [0, 0.1) is 0 Å². The lowest BCUT2D eigenvalue weighted by Gasteiger charge is -2.30. The van der Waals surface area contributed by atoms with Crippen LogP contribution in [0.4, 0.5) is 11.5 Å². The third-order valence-corrected chi connectivity index (χ3v) is 9.24. The fourth-order valence-corrected chi connectivity index (χ4v) is 7.15. The minimum atomic E-state index is -0.0760. The van der Waals surface area contributed by atoms with Gasteiger partial charge in [0.05, 0.1) is 16.9 Å². The quantitative estimate of drug-likeness (QED) is 0.359. The number of aromatic nitrogens is 3. The number of pyridine rings is 2. The number of benzene rings is 1. The van der Waals surface area contributed by atoms with Crippen molar-refractivity contribution in [2.24, 2.45) is 7.05 Å². The summed E-state index contributed by atoms with van der Waals surface area (Å²) in [6.07, 6.45) is 6.63. The Morgan fingerprint density at radius 2 is 1.90 bits per heavy atom. The number of hydrogen-bond acceptors (Lipinski definition) is 6. The summed E-state index contributed by atoms with van der Waals surface area (Å²) in [5.74, 6) is 0.957. The Balaban J connectivity index is 1.27. The maximum absolute atomic E-state index is 13.2. The summed E-state index contributed by atoms with van der Waals surface area (Å²) in [5, 5.41) is 7.75. The van der Waals surface area contributed by atoms with Crippen LogP contribution in [0.25, 0.3) is 22.2 Å². The number of amides is 2. The van der Waals surface area contributed by atoms with Crippen LogP contribution in [-0.2, 0) is 37.8 Å². The molecule has 0 saturated carbocycles. The first-order valence-corrected chi connectivity index (χ1v) is 14.8. The number of carbonyl (C=O) groups is 2. The predicted molar refractivity (Wildman–Crippen MR) is 164 cm³/mol. The highest BCUT2D eigenvalue weighted by atomic mass is 16.2. The van der Waals surface area contributed by atoms with E-state index in [2.05, 4.69) is 45.3 Å². The van der Waals surface area contributed by atoms with Crippen molar-refractivity contribution >= 4 is 34.4 Å². The first kappa shape index (κ1) is 26.6. The number of anilines is 2. The van der Waals surface area contributed by atoms with Gasteiger partial charge in [-0.3, -0.25) is 9.59 Å². The summed E-state index contributed by atoms with van der Waals surface area (Å²) in [4.78, 5) is 39.3. The fraction of sp³-hybridized carbons (Fsp3) is 0.394. The summed E-state index contributed by atoms with van der Waals surface area (Å²) in [6.45, 7) is 1.91. The molecule has 4 aromatic rings. The highest BCUT2D eigenvalue weighted by molar-refractivity contribution is 6.08. The van der Waals surface area contributed by atoms with E-state index in [4.69, 9.17) is 9.97 Å². The van der Waals surface area contributed by atoms with Gasteiger partial charge >= 0.3 is 0 Å². The number of rotatable bonds is 6. The van der Waals surface area contributed by atoms with Crippen LogP contribution in [0.3, 0.4) is 0 Å². The Kier molecular flexibility index (Phi) is 6.50. The third kappa shape index (κ3) is 4.34. The number of nitrogens with zero attached hydrogens (tertiary/aromatic N) is 5. The zero-order valence-electron chi connectivity index (χ0n) is 24.8. The molecular formula is C33H37N7O2. The maximum atomic E-state index is 13.2. The van der Waals surface area contributed by atoms with Crippen molar-refractivity contribution in [1.82, 2.24) is 29.7 Å². The monoisotopic (exact) mass is 563 g/mol. The summed E-state index contributed by atoms with van der Waals surface area (Å²) in [7, 11) is 8.03. The van der Waals surface area contributed by atoms with E-state index in [0.29, 0.717) is 30.9 Å². The molecule has 3 aliphatic rings. The second-order valence-corrected chi connectivity index (χ2v) is 12.2. The molecule has 42 heavy (non-hydrogen) atoms. The standard InChI is InChI=1S/C33H37N7O2/c1-38(2)18-26-20(19-13-15-39(3)29(41)16-19)9-11-28(37-26)36-25-10-8-21(24-17-35-33(42)31(24)25)22-12-14-34-32-30(22)23-6-5-7-27(23)40(32)4/h8-12,14,19H,5-7,13,15-18H2,1-4H3,(H,35,42)(H,36,37). The highest BCUT2D eigenvalue weighted by Gasteiger charge is 2.30. The Bertz CT molecular complexity index is 1760. The number of piperidine rings is 1. The number of aryl methyl sites for hydroxylation is 2. The second kappa shape index (κ2) is 10.2. The van der Waals surface area contributed by atoms with Gasteiger partial charge in [-0.25, -0.2) is 9.97 Å². The molecule has 1 aliphatic carbocycles. The van der Waals surface area contributed by atoms with Gasteiger partial charge < -0.3 is 25.0 Å². The van der Waals surface area contributed by atoms with E-state index in [1.54, 1.807) is 0 Å². The number of nitrogens with one attached hydrogen (secondary N) is 2. The first-order chi connectivity index (χ1) is 20.3. The second-order valence-electron chi connectivity index (χ2n) is 12.2. The van der Waals surface area contributed by atoms with Gasteiger partial charge in [0.1, 0.15) is 11.5 Å². The molecule has 9 nitrogen and oxygen atoms in total. The molecule has 7 rings (SSSR count). The van der Waals surface area contributed by atoms with Crippen LogP contribution in [0.5, 0.6) is 0 Å². The molecule has 0 spiro atoms. The van der Waals surface area contributed by atoms with E-state index < -0.39 is 0 Å². The van der Waals surface area contributed by atoms with Crippen LogP contribution >= 0.6 is 0 Å². The lowest BCUT2D eigenvalue weighted by molar-refractivity contribution is -0.132. The molecule has 3 aromatic heterocycles. The van der Waals surface area contributed by atoms with Gasteiger partial charge in [-0.1, -0.05) is 12.1 Å². The summed E-state index contributed by atoms with van der Waals surface area (Å²) in [5.41, 5.74) is 10.5. The average molecular weight is 564 g/mol. The predicted octanol–water partition coefficient (Wildman–Crippen LogP) is 4.51. The van der Waals surface area contributed by atoms with E-state index in [9.17, 15) is 9.59 Å². The topological polar surface area (TPSA) is 95.4 Å². The van der Waals surface area contributed by atoms with Gasteiger partial charge in [-0.05, 0) is 91.7 Å². The van der Waals surface area contributed by atoms with Gasteiger partial charge in [-0.15, -0.1) is 0 Å². The van der Waals surface area contributed by atoms with Crippen molar-refractivity contribution in [2.45, 2.75) is 51.1 Å². The van der Waals surface area contributed by atoms with Crippen LogP contribution in [0.2, 0.25) is 0 Å². The van der Waals surface area contributed by atoms with E-state index in [1.807, 2.05) is 44.4 Å². The molecule has 1 saturated heterocycles. The van der Waals surface area contributed by atoms with E-state index in [0.717, 1.165) is 65.1 Å². The van der Waals surface area contributed by atoms with Crippen LogP contribution < -0.4 is 10.6 Å². The minimum absolute atomic E-state index is 0.0760. The van der Waals surface area contributed by atoms with Gasteiger partial charge in [0, 0.05) is 57.4 Å². The first-order valence-electron chi connectivity index (χ1n) is 14.8. The molecule has 2 aliphatic heterocycles. The molecular weight excluding hydrogens is 526 g/mol. The lowest BCUT2D eigenvalue weighted by Crippen LogP contribution is -2.35. The van der Waals surface area contributed by atoms with Crippen molar-refractivity contribution in [3.8, 4) is 11.1 Å². The zero-order chi connectivity index (χ0) is 29.1. The summed E-state index contributed by atoms with van der Waals surface area (Å²) < 4.78 is 2.24. The smallest absolute Gasteiger partial charge is 0.254 e. The van der Waals surface area contributed by atoms with Crippen LogP contribution in [0.15, 0.2) is 36.5 Å². The van der Waals surface area contributed by atoms with Crippen molar-refractivity contribution in [3.63, 3.8) is 0 Å². The molecule has 1 fully saturated rings. The summed E-state index contributed by atoms with van der Waals surface area (Å²) >= 11 is 0. The number of hydrogen-bond donors (Lipinski definition) is 2. The molecule has 1 unspecified atom stereocenters. The molecule has 216 valence electrons. The average Bonchev–Trinajstić information content (AvgIpc) is 3.67. The normalized spacial score (nSPS) is 18.1. The number of fused-ring (bicyclic) bond motifs is 4. The third-order valence-electron chi connectivity index (χ3n) is 9.24. The SMILES string of the molecule is CN(C)Cc1nc(Nc2ccc(-c3ccnc4c3c3c(n4C)CCC3)c3c2C(=O)NC3)ccc1C1CCN(C)C(=O)C1. The Labute approximate surface area is 245 Å².